The Kier molecular flexibility index (Phi) is 4.33. The zero-order chi connectivity index (χ0) is 20.1. The topological polar surface area (TPSA) is 83.0 Å². The van der Waals surface area contributed by atoms with Crippen molar-refractivity contribution in [2.75, 3.05) is 12.3 Å². The number of ketones is 1. The molecule has 1 unspecified atom stereocenters. The second-order valence-electron chi connectivity index (χ2n) is 7.30. The van der Waals surface area contributed by atoms with Crippen molar-refractivity contribution in [2.45, 2.75) is 32.4 Å². The van der Waals surface area contributed by atoms with E-state index in [1.54, 1.807) is 22.5 Å². The number of rotatable bonds is 3. The molecule has 1 aliphatic rings. The first-order chi connectivity index (χ1) is 14.0. The summed E-state index contributed by atoms with van der Waals surface area (Å²) in [4.78, 5) is 17.7. The predicted molar refractivity (Wildman–Crippen MR) is 111 cm³/mol. The Hall–Kier alpha value is -2.84. The summed E-state index contributed by atoms with van der Waals surface area (Å²) >= 11 is 1.40. The molecule has 2 aromatic heterocycles. The number of ether oxygens (including phenoxy) is 1. The van der Waals surface area contributed by atoms with E-state index in [0.717, 1.165) is 35.0 Å². The normalized spacial score (nSPS) is 17.2. The average Bonchev–Trinajstić information content (AvgIpc) is 3.40. The number of aryl methyl sites for hydroxylation is 1. The molecule has 0 bridgehead atoms. The number of carbonyl (C=O) groups is 1. The van der Waals surface area contributed by atoms with Gasteiger partial charge in [0.05, 0.1) is 21.4 Å². The van der Waals surface area contributed by atoms with Gasteiger partial charge in [-0.1, -0.05) is 0 Å². The Morgan fingerprint density at radius 1 is 1.31 bits per heavy atom. The highest BCUT2D eigenvalue weighted by atomic mass is 32.1. The van der Waals surface area contributed by atoms with E-state index in [0.29, 0.717) is 28.8 Å². The Morgan fingerprint density at radius 2 is 2.17 bits per heavy atom. The first-order valence-corrected chi connectivity index (χ1v) is 10.4. The van der Waals surface area contributed by atoms with Crippen molar-refractivity contribution in [3.63, 3.8) is 0 Å². The number of benzene rings is 2. The summed E-state index contributed by atoms with van der Waals surface area (Å²) in [5.74, 6) is -0.719. The molecular weight excluding hydrogens is 391 g/mol. The van der Waals surface area contributed by atoms with Crippen LogP contribution < -0.4 is 5.73 Å². The third-order valence-electron chi connectivity index (χ3n) is 5.42. The molecular formula is C21H19FN4O2S. The molecule has 0 radical (unpaired) electrons. The first kappa shape index (κ1) is 18.2. The lowest BCUT2D eigenvalue weighted by Crippen LogP contribution is -2.18. The minimum atomic E-state index is -0.465. The number of anilines is 1. The van der Waals surface area contributed by atoms with Crippen molar-refractivity contribution < 1.29 is 13.9 Å². The number of nitrogens with zero attached hydrogens (tertiary/aromatic N) is 3. The van der Waals surface area contributed by atoms with Crippen LogP contribution in [0.25, 0.3) is 21.1 Å². The van der Waals surface area contributed by atoms with E-state index in [9.17, 15) is 9.18 Å². The van der Waals surface area contributed by atoms with Gasteiger partial charge in [-0.3, -0.25) is 4.79 Å². The van der Waals surface area contributed by atoms with Gasteiger partial charge in [-0.25, -0.2) is 14.1 Å². The van der Waals surface area contributed by atoms with Crippen molar-refractivity contribution in [2.24, 2.45) is 0 Å². The van der Waals surface area contributed by atoms with Gasteiger partial charge in [0.1, 0.15) is 11.7 Å². The summed E-state index contributed by atoms with van der Waals surface area (Å²) in [5.41, 5.74) is 11.0. The van der Waals surface area contributed by atoms with Crippen LogP contribution in [0.1, 0.15) is 47.0 Å². The van der Waals surface area contributed by atoms with Crippen molar-refractivity contribution in [1.82, 2.24) is 14.8 Å². The van der Waals surface area contributed by atoms with Gasteiger partial charge in [0.15, 0.2) is 11.6 Å². The number of aromatic nitrogens is 3. The van der Waals surface area contributed by atoms with Crippen LogP contribution in [0.3, 0.4) is 0 Å². The third-order valence-corrected chi connectivity index (χ3v) is 6.28. The molecule has 1 atom stereocenters. The van der Waals surface area contributed by atoms with Crippen LogP contribution in [-0.4, -0.2) is 27.2 Å². The maximum absolute atomic E-state index is 14.5. The van der Waals surface area contributed by atoms with Crippen LogP contribution in [-0.2, 0) is 4.74 Å². The zero-order valence-electron chi connectivity index (χ0n) is 15.8. The van der Waals surface area contributed by atoms with Crippen LogP contribution in [0.4, 0.5) is 10.1 Å². The molecule has 1 aliphatic heterocycles. The minimum absolute atomic E-state index is 0.166. The fourth-order valence-corrected chi connectivity index (χ4v) is 4.73. The van der Waals surface area contributed by atoms with E-state index in [1.807, 2.05) is 6.92 Å². The van der Waals surface area contributed by atoms with Gasteiger partial charge in [-0.2, -0.15) is 5.10 Å². The molecule has 0 saturated carbocycles. The van der Waals surface area contributed by atoms with Crippen molar-refractivity contribution in [3.8, 4) is 0 Å². The lowest BCUT2D eigenvalue weighted by atomic mass is 9.97. The molecule has 1 fully saturated rings. The number of carbonyl (C=O) groups excluding carboxylic acids is 1. The molecule has 148 valence electrons. The molecule has 3 heterocycles. The van der Waals surface area contributed by atoms with Crippen molar-refractivity contribution >= 4 is 43.9 Å². The highest BCUT2D eigenvalue weighted by Crippen LogP contribution is 2.34. The Balaban J connectivity index is 1.65. The smallest absolute Gasteiger partial charge is 0.195 e. The zero-order valence-corrected chi connectivity index (χ0v) is 16.6. The molecule has 2 aromatic carbocycles. The molecule has 6 nitrogen and oxygen atoms in total. The quantitative estimate of drug-likeness (QED) is 0.394. The number of nitrogens with two attached hydrogens (primary N) is 1. The molecule has 0 aliphatic carbocycles. The van der Waals surface area contributed by atoms with E-state index in [4.69, 9.17) is 10.5 Å². The SMILES string of the molecule is Cc1cc(C(=O)c2ccc(F)c3nn(C4CCCCO4)cc23)c(N)c2scnc12. The van der Waals surface area contributed by atoms with Crippen LogP contribution >= 0.6 is 11.3 Å². The maximum atomic E-state index is 14.5. The number of halogens is 1. The van der Waals surface area contributed by atoms with Crippen LogP contribution in [0.15, 0.2) is 29.9 Å². The van der Waals surface area contributed by atoms with Crippen molar-refractivity contribution in [3.05, 3.63) is 52.4 Å². The summed E-state index contributed by atoms with van der Waals surface area (Å²) in [6, 6.07) is 4.53. The summed E-state index contributed by atoms with van der Waals surface area (Å²) in [7, 11) is 0. The summed E-state index contributed by atoms with van der Waals surface area (Å²) < 4.78 is 22.6. The number of nitrogen functional groups attached to an aromatic ring is 1. The number of fused-ring (bicyclic) bond motifs is 2. The van der Waals surface area contributed by atoms with Gasteiger partial charge < -0.3 is 10.5 Å². The second kappa shape index (κ2) is 6.89. The molecule has 29 heavy (non-hydrogen) atoms. The summed E-state index contributed by atoms with van der Waals surface area (Å²) in [5, 5.41) is 4.84. The lowest BCUT2D eigenvalue weighted by Gasteiger charge is -2.22. The first-order valence-electron chi connectivity index (χ1n) is 9.50. The standard InChI is InChI=1S/C21H19FN4O2S/c1-11-8-13(17(23)21-18(11)24-10-29-21)20(27)12-5-6-15(22)19-14(12)9-26(25-19)16-4-2-3-7-28-16/h5-6,8-10,16H,2-4,7,23H2,1H3. The molecule has 4 aromatic rings. The fourth-order valence-electron chi connectivity index (χ4n) is 3.90. The molecule has 1 saturated heterocycles. The van der Waals surface area contributed by atoms with Gasteiger partial charge >= 0.3 is 0 Å². The molecule has 0 spiro atoms. The highest BCUT2D eigenvalue weighted by molar-refractivity contribution is 7.17. The maximum Gasteiger partial charge on any atom is 0.195 e. The van der Waals surface area contributed by atoms with E-state index in [1.165, 1.54) is 23.5 Å². The second-order valence-corrected chi connectivity index (χ2v) is 8.16. The predicted octanol–water partition coefficient (Wildman–Crippen LogP) is 4.61. The minimum Gasteiger partial charge on any atom is -0.397 e. The van der Waals surface area contributed by atoms with E-state index in [2.05, 4.69) is 10.1 Å². The Morgan fingerprint density at radius 3 is 2.97 bits per heavy atom. The largest absolute Gasteiger partial charge is 0.397 e. The lowest BCUT2D eigenvalue weighted by molar-refractivity contribution is -0.0391. The molecule has 5 rings (SSSR count). The third kappa shape index (κ3) is 2.90. The monoisotopic (exact) mass is 410 g/mol. The Bertz CT molecular complexity index is 1260. The van der Waals surface area contributed by atoms with Gasteiger partial charge in [-0.05, 0) is 49.9 Å². The number of hydrogen-bond acceptors (Lipinski definition) is 6. The molecule has 8 heteroatoms. The average molecular weight is 410 g/mol. The molecule has 0 amide bonds. The van der Waals surface area contributed by atoms with E-state index < -0.39 is 5.82 Å². The van der Waals surface area contributed by atoms with E-state index >= 15 is 0 Å². The van der Waals surface area contributed by atoms with Crippen LogP contribution in [0.2, 0.25) is 0 Å². The highest BCUT2D eigenvalue weighted by Gasteiger charge is 2.24. The summed E-state index contributed by atoms with van der Waals surface area (Å²) in [6.07, 6.45) is 4.32. The number of thiazole rings is 1. The van der Waals surface area contributed by atoms with Gasteiger partial charge in [-0.15, -0.1) is 11.3 Å². The van der Waals surface area contributed by atoms with Gasteiger partial charge in [0.2, 0.25) is 0 Å². The molecule has 2 N–H and O–H groups in total. The van der Waals surface area contributed by atoms with Gasteiger partial charge in [0.25, 0.3) is 0 Å². The van der Waals surface area contributed by atoms with Crippen LogP contribution in [0, 0.1) is 12.7 Å². The Labute approximate surface area is 170 Å². The van der Waals surface area contributed by atoms with E-state index in [-0.39, 0.29) is 17.5 Å². The summed E-state index contributed by atoms with van der Waals surface area (Å²) in [6.45, 7) is 2.55. The van der Waals surface area contributed by atoms with Gasteiger partial charge in [0, 0.05) is 29.3 Å². The van der Waals surface area contributed by atoms with Crippen LogP contribution in [0.5, 0.6) is 0 Å². The van der Waals surface area contributed by atoms with Crippen molar-refractivity contribution in [1.29, 1.82) is 0 Å². The fraction of sp³-hybridized carbons (Fsp3) is 0.286. The number of hydrogen-bond donors (Lipinski definition) is 1.